The van der Waals surface area contributed by atoms with E-state index in [0.29, 0.717) is 19.5 Å². The van der Waals surface area contributed by atoms with Gasteiger partial charge in [0.25, 0.3) is 0 Å². The molecule has 0 radical (unpaired) electrons. The lowest BCUT2D eigenvalue weighted by atomic mass is 9.98. The largest absolute Gasteiger partial charge is 0.402 e. The van der Waals surface area contributed by atoms with Gasteiger partial charge in [0, 0.05) is 32.5 Å². The van der Waals surface area contributed by atoms with Gasteiger partial charge < -0.3 is 20.4 Å². The summed E-state index contributed by atoms with van der Waals surface area (Å²) in [5.41, 5.74) is 6.39. The van der Waals surface area contributed by atoms with Gasteiger partial charge in [0.2, 0.25) is 5.91 Å². The number of nitrogens with one attached hydrogen (secondary N) is 1. The number of likely N-dealkylation sites (tertiary alicyclic amines) is 1. The van der Waals surface area contributed by atoms with Crippen molar-refractivity contribution in [1.29, 1.82) is 0 Å². The van der Waals surface area contributed by atoms with Crippen LogP contribution in [-0.2, 0) is 10.3 Å². The standard InChI is InChI=1S/C19H25FN6O/c1-19(2,15-11-23-16-6-4-5-8-26(15)16)24-18(27)13-7-9-25(12-13)17(22-3)14(20)10-21/h4-6,8,10-11,13H,7,9,12,21H2,1-3H3,(H,24,27). The summed E-state index contributed by atoms with van der Waals surface area (Å²) in [6.45, 7) is 4.86. The van der Waals surface area contributed by atoms with E-state index in [4.69, 9.17) is 5.73 Å². The molecular formula is C19H25FN6O. The fourth-order valence-corrected chi connectivity index (χ4v) is 3.51. The fraction of sp³-hybridized carbons (Fsp3) is 0.421. The Bertz CT molecular complexity index is 900. The first-order valence-electron chi connectivity index (χ1n) is 8.91. The number of fused-ring (bicyclic) bond motifs is 1. The van der Waals surface area contributed by atoms with E-state index in [9.17, 15) is 9.18 Å². The lowest BCUT2D eigenvalue weighted by Crippen LogP contribution is -2.45. The summed E-state index contributed by atoms with van der Waals surface area (Å²) >= 11 is 0. The van der Waals surface area contributed by atoms with Gasteiger partial charge in [-0.25, -0.2) is 9.37 Å². The number of halogens is 1. The van der Waals surface area contributed by atoms with Crippen molar-refractivity contribution in [1.82, 2.24) is 19.6 Å². The number of hydrogen-bond acceptors (Lipinski definition) is 4. The van der Waals surface area contributed by atoms with Gasteiger partial charge in [-0.15, -0.1) is 0 Å². The van der Waals surface area contributed by atoms with Crippen molar-refractivity contribution < 1.29 is 9.18 Å². The third kappa shape index (κ3) is 3.65. The topological polar surface area (TPSA) is 88.0 Å². The highest BCUT2D eigenvalue weighted by Crippen LogP contribution is 2.24. The van der Waals surface area contributed by atoms with Gasteiger partial charge in [0.05, 0.1) is 23.3 Å². The number of imidazole rings is 1. The van der Waals surface area contributed by atoms with Crippen LogP contribution >= 0.6 is 0 Å². The number of aliphatic imine (C=N–C) groups is 1. The van der Waals surface area contributed by atoms with Crippen LogP contribution in [-0.4, -0.2) is 46.2 Å². The van der Waals surface area contributed by atoms with E-state index in [1.165, 1.54) is 7.05 Å². The van der Waals surface area contributed by atoms with Gasteiger partial charge in [-0.05, 0) is 32.4 Å². The molecule has 0 saturated carbocycles. The first-order valence-corrected chi connectivity index (χ1v) is 8.91. The first-order chi connectivity index (χ1) is 12.9. The molecule has 144 valence electrons. The zero-order valence-electron chi connectivity index (χ0n) is 15.8. The molecule has 3 N–H and O–H groups in total. The molecule has 0 aromatic carbocycles. The van der Waals surface area contributed by atoms with E-state index >= 15 is 0 Å². The van der Waals surface area contributed by atoms with Gasteiger partial charge in [0.15, 0.2) is 11.7 Å². The van der Waals surface area contributed by atoms with Crippen LogP contribution in [0.4, 0.5) is 4.39 Å². The summed E-state index contributed by atoms with van der Waals surface area (Å²) in [6.07, 6.45) is 5.23. The molecule has 27 heavy (non-hydrogen) atoms. The average molecular weight is 372 g/mol. The van der Waals surface area contributed by atoms with Crippen molar-refractivity contribution in [2.75, 3.05) is 20.1 Å². The second-order valence-electron chi connectivity index (χ2n) is 7.18. The molecule has 1 atom stereocenters. The van der Waals surface area contributed by atoms with E-state index in [2.05, 4.69) is 15.3 Å². The fourth-order valence-electron chi connectivity index (χ4n) is 3.51. The van der Waals surface area contributed by atoms with Gasteiger partial charge in [-0.3, -0.25) is 9.79 Å². The maximum atomic E-state index is 13.8. The number of carbonyl (C=O) groups excluding carboxylic acids is 1. The molecule has 3 heterocycles. The minimum absolute atomic E-state index is 0.0685. The van der Waals surface area contributed by atoms with Crippen LogP contribution in [0, 0.1) is 5.92 Å². The highest BCUT2D eigenvalue weighted by atomic mass is 19.1. The quantitative estimate of drug-likeness (QED) is 0.633. The predicted octanol–water partition coefficient (Wildman–Crippen LogP) is 1.81. The normalized spacial score (nSPS) is 19.0. The van der Waals surface area contributed by atoms with Crippen LogP contribution in [0.3, 0.4) is 0 Å². The van der Waals surface area contributed by atoms with E-state index < -0.39 is 11.4 Å². The van der Waals surface area contributed by atoms with Crippen molar-refractivity contribution >= 4 is 17.4 Å². The maximum absolute atomic E-state index is 13.8. The van der Waals surface area contributed by atoms with E-state index in [1.807, 2.05) is 42.6 Å². The summed E-state index contributed by atoms with van der Waals surface area (Å²) in [6, 6.07) is 5.77. The second-order valence-corrected chi connectivity index (χ2v) is 7.18. The van der Waals surface area contributed by atoms with Gasteiger partial charge in [-0.1, -0.05) is 6.07 Å². The highest BCUT2D eigenvalue weighted by Gasteiger charge is 2.35. The van der Waals surface area contributed by atoms with Gasteiger partial charge in [-0.2, -0.15) is 0 Å². The summed E-state index contributed by atoms with van der Waals surface area (Å²) < 4.78 is 15.8. The zero-order valence-corrected chi connectivity index (χ0v) is 15.8. The molecule has 8 heteroatoms. The number of carbonyl (C=O) groups is 1. The van der Waals surface area contributed by atoms with Crippen LogP contribution in [0.2, 0.25) is 0 Å². The number of hydrogen-bond donors (Lipinski definition) is 2. The van der Waals surface area contributed by atoms with Gasteiger partial charge in [0.1, 0.15) is 5.65 Å². The summed E-state index contributed by atoms with van der Waals surface area (Å²) in [5, 5.41) is 3.11. The Hall–Kier alpha value is -2.90. The number of amides is 1. The smallest absolute Gasteiger partial charge is 0.225 e. The van der Waals surface area contributed by atoms with Crippen LogP contribution in [0.1, 0.15) is 26.0 Å². The lowest BCUT2D eigenvalue weighted by Gasteiger charge is -2.28. The van der Waals surface area contributed by atoms with E-state index in [0.717, 1.165) is 17.5 Å². The number of nitrogens with two attached hydrogens (primary N) is 1. The third-order valence-electron chi connectivity index (χ3n) is 4.92. The van der Waals surface area contributed by atoms with E-state index in [1.54, 1.807) is 11.1 Å². The molecule has 1 aliphatic rings. The second kappa shape index (κ2) is 7.38. The number of aromatic nitrogens is 2. The monoisotopic (exact) mass is 372 g/mol. The number of nitrogens with zero attached hydrogens (tertiary/aromatic N) is 4. The molecule has 1 unspecified atom stereocenters. The molecule has 7 nitrogen and oxygen atoms in total. The minimum atomic E-state index is -0.602. The molecule has 2 aromatic rings. The Morgan fingerprint density at radius 2 is 2.26 bits per heavy atom. The highest BCUT2D eigenvalue weighted by molar-refractivity contribution is 5.96. The van der Waals surface area contributed by atoms with E-state index in [-0.39, 0.29) is 17.7 Å². The molecule has 0 bridgehead atoms. The maximum Gasteiger partial charge on any atom is 0.225 e. The number of amidine groups is 1. The predicted molar refractivity (Wildman–Crippen MR) is 103 cm³/mol. The Balaban J connectivity index is 1.72. The first kappa shape index (κ1) is 18.9. The summed E-state index contributed by atoms with van der Waals surface area (Å²) in [4.78, 5) is 23.0. The summed E-state index contributed by atoms with van der Waals surface area (Å²) in [7, 11) is 1.51. The molecular weight excluding hydrogens is 347 g/mol. The van der Waals surface area contributed by atoms with Crippen molar-refractivity contribution in [3.05, 3.63) is 48.3 Å². The van der Waals surface area contributed by atoms with Crippen molar-refractivity contribution in [3.8, 4) is 0 Å². The van der Waals surface area contributed by atoms with Crippen LogP contribution < -0.4 is 11.1 Å². The molecule has 0 spiro atoms. The number of rotatable bonds is 4. The molecule has 2 aromatic heterocycles. The Morgan fingerprint density at radius 3 is 2.96 bits per heavy atom. The Labute approximate surface area is 157 Å². The molecule has 1 fully saturated rings. The van der Waals surface area contributed by atoms with Crippen LogP contribution in [0.25, 0.3) is 5.65 Å². The summed E-state index contributed by atoms with van der Waals surface area (Å²) in [5.74, 6) is -0.704. The average Bonchev–Trinajstić information content (AvgIpc) is 3.29. The lowest BCUT2D eigenvalue weighted by molar-refractivity contribution is -0.126. The molecule has 3 rings (SSSR count). The molecule has 1 saturated heterocycles. The molecule has 1 amide bonds. The van der Waals surface area contributed by atoms with Crippen LogP contribution in [0.15, 0.2) is 47.6 Å². The Kier molecular flexibility index (Phi) is 5.16. The van der Waals surface area contributed by atoms with Crippen molar-refractivity contribution in [2.24, 2.45) is 16.6 Å². The third-order valence-corrected chi connectivity index (χ3v) is 4.92. The van der Waals surface area contributed by atoms with Crippen molar-refractivity contribution in [2.45, 2.75) is 25.8 Å². The van der Waals surface area contributed by atoms with Crippen molar-refractivity contribution in [3.63, 3.8) is 0 Å². The molecule has 1 aliphatic heterocycles. The molecule has 0 aliphatic carbocycles. The van der Waals surface area contributed by atoms with Gasteiger partial charge >= 0.3 is 0 Å². The minimum Gasteiger partial charge on any atom is -0.402 e. The Morgan fingerprint density at radius 1 is 1.48 bits per heavy atom. The van der Waals surface area contributed by atoms with Crippen LogP contribution in [0.5, 0.6) is 0 Å². The SMILES string of the molecule is CN=C(C(F)=CN)N1CCC(C(=O)NC(C)(C)c2cnc3ccccn23)C1. The number of pyridine rings is 1. The zero-order chi connectivity index (χ0) is 19.6.